The Morgan fingerprint density at radius 1 is 1.08 bits per heavy atom. The molecule has 1 atom stereocenters. The minimum Gasteiger partial charge on any atom is -0.350 e. The van der Waals surface area contributed by atoms with Crippen molar-refractivity contribution in [1.29, 1.82) is 0 Å². The molecule has 0 saturated carbocycles. The van der Waals surface area contributed by atoms with Gasteiger partial charge in [0.1, 0.15) is 5.82 Å². The van der Waals surface area contributed by atoms with Crippen LogP contribution < -0.4 is 0 Å². The maximum absolute atomic E-state index is 14.2. The number of hydrogen-bond acceptors (Lipinski definition) is 4. The third-order valence-corrected chi connectivity index (χ3v) is 3.50. The molecule has 2 aromatic rings. The van der Waals surface area contributed by atoms with E-state index in [1.807, 2.05) is 0 Å². The van der Waals surface area contributed by atoms with Crippen LogP contribution in [0.25, 0.3) is 11.1 Å². The normalized spacial score (nSPS) is 20.7. The maximum Gasteiger partial charge on any atom is 0.458 e. The van der Waals surface area contributed by atoms with E-state index in [0.717, 1.165) is 12.1 Å². The smallest absolute Gasteiger partial charge is 0.350 e. The first kappa shape index (κ1) is 16.3. The number of pyridine rings is 1. The van der Waals surface area contributed by atoms with Gasteiger partial charge < -0.3 is 9.94 Å². The summed E-state index contributed by atoms with van der Waals surface area (Å²) >= 11 is 0. The quantitative estimate of drug-likeness (QED) is 0.671. The molecule has 0 fully saturated rings. The van der Waals surface area contributed by atoms with Crippen molar-refractivity contribution in [3.63, 3.8) is 0 Å². The third kappa shape index (κ3) is 2.82. The largest absolute Gasteiger partial charge is 0.458 e. The van der Waals surface area contributed by atoms with Gasteiger partial charge in [-0.3, -0.25) is 0 Å². The van der Waals surface area contributed by atoms with Crippen molar-refractivity contribution in [1.82, 2.24) is 4.98 Å². The van der Waals surface area contributed by atoms with Gasteiger partial charge in [-0.15, -0.1) is 0 Å². The van der Waals surface area contributed by atoms with Crippen LogP contribution >= 0.6 is 0 Å². The molecule has 24 heavy (non-hydrogen) atoms. The van der Waals surface area contributed by atoms with Crippen LogP contribution in [0, 0.1) is 11.8 Å². The highest BCUT2D eigenvalue weighted by atomic mass is 19.4. The van der Waals surface area contributed by atoms with Crippen molar-refractivity contribution < 1.29 is 31.9 Å². The summed E-state index contributed by atoms with van der Waals surface area (Å²) in [7, 11) is 0. The van der Waals surface area contributed by atoms with Crippen LogP contribution in [-0.4, -0.2) is 27.8 Å². The summed E-state index contributed by atoms with van der Waals surface area (Å²) < 4.78 is 65.4. The number of oxime groups is 1. The number of benzene rings is 1. The Hall–Kier alpha value is -2.55. The van der Waals surface area contributed by atoms with E-state index in [1.54, 1.807) is 0 Å². The highest BCUT2D eigenvalue weighted by Crippen LogP contribution is 2.39. The first-order valence-electron chi connectivity index (χ1n) is 6.66. The van der Waals surface area contributed by atoms with E-state index in [0.29, 0.717) is 11.1 Å². The third-order valence-electron chi connectivity index (χ3n) is 3.50. The molecule has 1 aromatic heterocycles. The fraction of sp³-hybridized carbons (Fsp3) is 0.200. The average molecular weight is 344 g/mol. The maximum atomic E-state index is 14.2. The van der Waals surface area contributed by atoms with Gasteiger partial charge in [0.05, 0.1) is 12.1 Å². The standard InChI is InChI=1S/C15H9F5N2O2/c16-11-5-8(9-3-4-21-13(17)6-9)1-2-10(11)12-7-14(23,24-22-12)15(18,19)20/h1-6,23H,7H2. The molecule has 0 aliphatic carbocycles. The van der Waals surface area contributed by atoms with E-state index >= 15 is 0 Å². The van der Waals surface area contributed by atoms with Gasteiger partial charge in [0.25, 0.3) is 0 Å². The molecule has 0 bridgehead atoms. The average Bonchev–Trinajstić information content (AvgIpc) is 2.90. The topological polar surface area (TPSA) is 54.7 Å². The monoisotopic (exact) mass is 344 g/mol. The molecule has 4 nitrogen and oxygen atoms in total. The Kier molecular flexibility index (Phi) is 3.75. The lowest BCUT2D eigenvalue weighted by Crippen LogP contribution is -2.45. The zero-order valence-corrected chi connectivity index (χ0v) is 11.8. The van der Waals surface area contributed by atoms with E-state index < -0.39 is 30.1 Å². The number of aliphatic hydroxyl groups is 1. The molecular weight excluding hydrogens is 335 g/mol. The van der Waals surface area contributed by atoms with E-state index in [1.165, 1.54) is 24.4 Å². The first-order chi connectivity index (χ1) is 11.2. The molecule has 1 unspecified atom stereocenters. The van der Waals surface area contributed by atoms with Gasteiger partial charge in [0, 0.05) is 17.8 Å². The fourth-order valence-electron chi connectivity index (χ4n) is 2.23. The Morgan fingerprint density at radius 2 is 1.79 bits per heavy atom. The molecule has 0 radical (unpaired) electrons. The Bertz CT molecular complexity index is 822. The lowest BCUT2D eigenvalue weighted by molar-refractivity contribution is -0.355. The molecule has 2 heterocycles. The lowest BCUT2D eigenvalue weighted by atomic mass is 9.98. The van der Waals surface area contributed by atoms with Crippen LogP contribution in [0.5, 0.6) is 0 Å². The molecule has 0 amide bonds. The predicted octanol–water partition coefficient (Wildman–Crippen LogP) is 3.40. The van der Waals surface area contributed by atoms with Crippen molar-refractivity contribution in [2.24, 2.45) is 5.16 Å². The summed E-state index contributed by atoms with van der Waals surface area (Å²) in [5.74, 6) is -5.10. The summed E-state index contributed by atoms with van der Waals surface area (Å²) in [6.45, 7) is 0. The van der Waals surface area contributed by atoms with Gasteiger partial charge in [0.2, 0.25) is 5.95 Å². The Balaban J connectivity index is 1.90. The van der Waals surface area contributed by atoms with Crippen molar-refractivity contribution in [2.75, 3.05) is 0 Å². The zero-order valence-electron chi connectivity index (χ0n) is 11.8. The van der Waals surface area contributed by atoms with Crippen molar-refractivity contribution >= 4 is 5.71 Å². The number of hydrogen-bond donors (Lipinski definition) is 1. The Morgan fingerprint density at radius 3 is 2.38 bits per heavy atom. The van der Waals surface area contributed by atoms with Gasteiger partial charge in [0.15, 0.2) is 0 Å². The van der Waals surface area contributed by atoms with Crippen molar-refractivity contribution in [3.8, 4) is 11.1 Å². The van der Waals surface area contributed by atoms with Gasteiger partial charge >= 0.3 is 12.0 Å². The summed E-state index contributed by atoms with van der Waals surface area (Å²) in [4.78, 5) is 7.43. The van der Waals surface area contributed by atoms with Crippen LogP contribution in [0.3, 0.4) is 0 Å². The molecule has 9 heteroatoms. The predicted molar refractivity (Wildman–Crippen MR) is 72.8 cm³/mol. The highest BCUT2D eigenvalue weighted by molar-refractivity contribution is 6.02. The van der Waals surface area contributed by atoms with Gasteiger partial charge in [-0.2, -0.15) is 17.6 Å². The second-order valence-electron chi connectivity index (χ2n) is 5.15. The van der Waals surface area contributed by atoms with E-state index in [-0.39, 0.29) is 11.3 Å². The van der Waals surface area contributed by atoms with Crippen LogP contribution in [0.4, 0.5) is 22.0 Å². The Labute approximate surface area is 132 Å². The zero-order chi connectivity index (χ0) is 17.5. The molecule has 0 spiro atoms. The summed E-state index contributed by atoms with van der Waals surface area (Å²) in [6, 6.07) is 6.15. The number of rotatable bonds is 2. The summed E-state index contributed by atoms with van der Waals surface area (Å²) in [6.07, 6.45) is -4.89. The minimum atomic E-state index is -5.07. The number of alkyl halides is 3. The second-order valence-corrected chi connectivity index (χ2v) is 5.15. The molecule has 0 saturated heterocycles. The van der Waals surface area contributed by atoms with Crippen molar-refractivity contribution in [2.45, 2.75) is 18.4 Å². The molecular formula is C15H9F5N2O2. The molecule has 1 aliphatic heterocycles. The fourth-order valence-corrected chi connectivity index (χ4v) is 2.23. The lowest BCUT2D eigenvalue weighted by Gasteiger charge is -2.22. The van der Waals surface area contributed by atoms with E-state index in [9.17, 15) is 27.1 Å². The van der Waals surface area contributed by atoms with Crippen LogP contribution in [0.1, 0.15) is 12.0 Å². The van der Waals surface area contributed by atoms with Gasteiger partial charge in [-0.05, 0) is 29.3 Å². The number of aromatic nitrogens is 1. The van der Waals surface area contributed by atoms with Crippen LogP contribution in [0.15, 0.2) is 41.7 Å². The minimum absolute atomic E-state index is 0.242. The number of nitrogens with zero attached hydrogens (tertiary/aromatic N) is 2. The SMILES string of the molecule is OC1(C(F)(F)F)CC(c2ccc(-c3ccnc(F)c3)cc2F)=NO1. The summed E-state index contributed by atoms with van der Waals surface area (Å²) in [5, 5.41) is 12.5. The van der Waals surface area contributed by atoms with Gasteiger partial charge in [-0.25, -0.2) is 9.37 Å². The summed E-state index contributed by atoms with van der Waals surface area (Å²) in [5.41, 5.74) is 0.0424. The molecule has 126 valence electrons. The second kappa shape index (κ2) is 5.52. The van der Waals surface area contributed by atoms with Gasteiger partial charge in [-0.1, -0.05) is 11.2 Å². The first-order valence-corrected chi connectivity index (χ1v) is 6.66. The molecule has 1 aliphatic rings. The molecule has 3 rings (SSSR count). The van der Waals surface area contributed by atoms with E-state index in [4.69, 9.17) is 0 Å². The highest BCUT2D eigenvalue weighted by Gasteiger charge is 2.60. The van der Waals surface area contributed by atoms with E-state index in [2.05, 4.69) is 15.0 Å². The van der Waals surface area contributed by atoms with Crippen LogP contribution in [0.2, 0.25) is 0 Å². The number of halogens is 5. The van der Waals surface area contributed by atoms with Crippen molar-refractivity contribution in [3.05, 3.63) is 53.9 Å². The molecule has 1 aromatic carbocycles. The molecule has 1 N–H and O–H groups in total. The van der Waals surface area contributed by atoms with Crippen LogP contribution in [-0.2, 0) is 4.84 Å².